The van der Waals surface area contributed by atoms with Gasteiger partial charge in [0.15, 0.2) is 0 Å². The third-order valence-electron chi connectivity index (χ3n) is 15.3. The molecule has 3 aliphatic rings. The maximum Gasteiger partial charge on any atom is 0.132 e. The molecule has 1 spiro atoms. The fourth-order valence-electron chi connectivity index (χ4n) is 12.1. The van der Waals surface area contributed by atoms with Gasteiger partial charge in [-0.2, -0.15) is 0 Å². The van der Waals surface area contributed by atoms with Crippen LogP contribution in [-0.4, -0.2) is 0 Å². The number of benzene rings is 11. The van der Waals surface area contributed by atoms with Crippen LogP contribution in [0.15, 0.2) is 267 Å². The lowest BCUT2D eigenvalue weighted by atomic mass is 9.58. The molecule has 0 amide bonds. The van der Waals surface area contributed by atoms with Crippen LogP contribution in [-0.2, 0) is 5.41 Å². The van der Waals surface area contributed by atoms with Gasteiger partial charge in [0.05, 0.1) is 5.41 Å². The number of ether oxygens (including phenoxy) is 1. The van der Waals surface area contributed by atoms with E-state index in [4.69, 9.17) is 4.74 Å². The van der Waals surface area contributed by atoms with Gasteiger partial charge in [-0.3, -0.25) is 0 Å². The third kappa shape index (κ3) is 6.63. The number of rotatable bonds is 7. The van der Waals surface area contributed by atoms with Crippen molar-refractivity contribution < 1.29 is 4.74 Å². The van der Waals surface area contributed by atoms with Gasteiger partial charge in [-0.1, -0.05) is 224 Å². The fraction of sp³-hybridized carbons (Fsp3) is 0.0435. The molecule has 3 atom stereocenters. The second kappa shape index (κ2) is 16.6. The van der Waals surface area contributed by atoms with E-state index in [1.54, 1.807) is 0 Å². The molecule has 3 unspecified atom stereocenters. The lowest BCUT2D eigenvalue weighted by Gasteiger charge is -2.49. The predicted octanol–water partition coefficient (Wildman–Crippen LogP) is 18.1. The lowest BCUT2D eigenvalue weighted by Crippen LogP contribution is -2.45. The molecule has 1 heterocycles. The molecule has 0 saturated carbocycles. The summed E-state index contributed by atoms with van der Waals surface area (Å²) in [6.45, 7) is 0. The van der Waals surface area contributed by atoms with Gasteiger partial charge in [-0.15, -0.1) is 0 Å². The second-order valence-electron chi connectivity index (χ2n) is 19.1. The standard InChI is InChI=1S/C69H47NO/c1-3-15-46(16-4-1)52-21-13-22-53(43-52)48-29-36-56(37-30-48)70(58-24-14-23-54(44-58)47-17-5-2-6-18-47)57-38-31-49(32-39-57)55-35-40-64-62(45-55)61-27-11-12-28-63(61)69(64)65-41-33-50-19-7-9-25-59(50)67(65)71-68-60-26-10-8-20-51(60)34-42-66(68)69/h1-45,65,67H. The van der Waals surface area contributed by atoms with Gasteiger partial charge in [-0.05, 0) is 126 Å². The van der Waals surface area contributed by atoms with E-state index in [1.807, 2.05) is 0 Å². The molecule has 2 heteroatoms. The van der Waals surface area contributed by atoms with E-state index in [9.17, 15) is 0 Å². The first-order chi connectivity index (χ1) is 35.2. The van der Waals surface area contributed by atoms with Gasteiger partial charge in [0.25, 0.3) is 0 Å². The van der Waals surface area contributed by atoms with Crippen molar-refractivity contribution in [1.82, 2.24) is 0 Å². The Balaban J connectivity index is 0.869. The SMILES string of the molecule is C1=CC2C(Oc3c(ccc4ccccc34)C23c2ccccc2-c2cc(-c4ccc(N(c5ccc(-c6cccc(-c7ccccc7)c6)cc5)c5cccc(-c6ccccc6)c5)cc4)ccc23)c2ccccc21. The Kier molecular flexibility index (Phi) is 9.60. The van der Waals surface area contributed by atoms with Gasteiger partial charge in [0, 0.05) is 39.5 Å². The van der Waals surface area contributed by atoms with Crippen LogP contribution in [0.1, 0.15) is 33.9 Å². The molecule has 71 heavy (non-hydrogen) atoms. The van der Waals surface area contributed by atoms with Gasteiger partial charge >= 0.3 is 0 Å². The largest absolute Gasteiger partial charge is 0.484 e. The van der Waals surface area contributed by atoms with E-state index < -0.39 is 5.41 Å². The first-order valence-corrected chi connectivity index (χ1v) is 24.7. The molecule has 0 N–H and O–H groups in total. The van der Waals surface area contributed by atoms with E-state index in [1.165, 1.54) is 88.8 Å². The number of anilines is 3. The molecule has 0 fully saturated rings. The van der Waals surface area contributed by atoms with Crippen LogP contribution >= 0.6 is 0 Å². The summed E-state index contributed by atoms with van der Waals surface area (Å²) in [5.74, 6) is 1.03. The van der Waals surface area contributed by atoms with Crippen molar-refractivity contribution >= 4 is 33.9 Å². The molecule has 11 aromatic rings. The zero-order valence-electron chi connectivity index (χ0n) is 39.0. The quantitative estimate of drug-likeness (QED) is 0.158. The molecule has 14 rings (SSSR count). The van der Waals surface area contributed by atoms with Crippen molar-refractivity contribution in [2.75, 3.05) is 4.90 Å². The summed E-state index contributed by atoms with van der Waals surface area (Å²) in [4.78, 5) is 2.38. The number of nitrogens with zero attached hydrogens (tertiary/aromatic N) is 1. The van der Waals surface area contributed by atoms with Crippen LogP contribution in [0.5, 0.6) is 5.75 Å². The Morgan fingerprint density at radius 3 is 1.62 bits per heavy atom. The van der Waals surface area contributed by atoms with E-state index in [0.717, 1.165) is 28.2 Å². The zero-order valence-corrected chi connectivity index (χ0v) is 39.0. The first-order valence-electron chi connectivity index (χ1n) is 24.7. The van der Waals surface area contributed by atoms with Crippen LogP contribution in [0.2, 0.25) is 0 Å². The van der Waals surface area contributed by atoms with E-state index in [2.05, 4.69) is 278 Å². The van der Waals surface area contributed by atoms with Gasteiger partial charge in [-0.25, -0.2) is 0 Å². The molecule has 0 aromatic heterocycles. The van der Waals surface area contributed by atoms with Crippen LogP contribution in [0.25, 0.3) is 72.5 Å². The lowest BCUT2D eigenvalue weighted by molar-refractivity contribution is 0.105. The summed E-state index contributed by atoms with van der Waals surface area (Å²) in [7, 11) is 0. The van der Waals surface area contributed by atoms with Crippen molar-refractivity contribution in [3.05, 3.63) is 295 Å². The average Bonchev–Trinajstić information content (AvgIpc) is 3.75. The summed E-state index contributed by atoms with van der Waals surface area (Å²) in [6.07, 6.45) is 4.60. The maximum atomic E-state index is 7.30. The Morgan fingerprint density at radius 1 is 0.352 bits per heavy atom. The van der Waals surface area contributed by atoms with E-state index >= 15 is 0 Å². The highest BCUT2D eigenvalue weighted by Gasteiger charge is 2.57. The molecular weight excluding hydrogens is 859 g/mol. The van der Waals surface area contributed by atoms with Crippen molar-refractivity contribution in [1.29, 1.82) is 0 Å². The van der Waals surface area contributed by atoms with Crippen molar-refractivity contribution in [2.45, 2.75) is 11.5 Å². The number of fused-ring (bicyclic) bond motifs is 13. The second-order valence-corrected chi connectivity index (χ2v) is 19.1. The topological polar surface area (TPSA) is 12.5 Å². The summed E-state index contributed by atoms with van der Waals surface area (Å²) in [5.41, 5.74) is 21.3. The highest BCUT2D eigenvalue weighted by molar-refractivity contribution is 5.95. The van der Waals surface area contributed by atoms with Gasteiger partial charge in [0.1, 0.15) is 11.9 Å². The van der Waals surface area contributed by atoms with Gasteiger partial charge in [0.2, 0.25) is 0 Å². The summed E-state index contributed by atoms with van der Waals surface area (Å²) in [5, 5.41) is 2.34. The molecule has 2 nitrogen and oxygen atoms in total. The third-order valence-corrected chi connectivity index (χ3v) is 15.3. The monoisotopic (exact) mass is 905 g/mol. The Bertz CT molecular complexity index is 3850. The highest BCUT2D eigenvalue weighted by atomic mass is 16.5. The van der Waals surface area contributed by atoms with E-state index in [0.29, 0.717) is 0 Å². The van der Waals surface area contributed by atoms with Gasteiger partial charge < -0.3 is 9.64 Å². The minimum absolute atomic E-state index is 0.0403. The van der Waals surface area contributed by atoms with Crippen molar-refractivity contribution in [2.24, 2.45) is 5.92 Å². The predicted molar refractivity (Wildman–Crippen MR) is 294 cm³/mol. The molecule has 1 aliphatic heterocycles. The molecular formula is C69H47NO. The smallest absolute Gasteiger partial charge is 0.132 e. The summed E-state index contributed by atoms with van der Waals surface area (Å²) >= 11 is 0. The van der Waals surface area contributed by atoms with Crippen LogP contribution in [0.3, 0.4) is 0 Å². The number of hydrogen-bond acceptors (Lipinski definition) is 2. The Hall–Kier alpha value is -8.98. The molecule has 11 aromatic carbocycles. The molecule has 334 valence electrons. The summed E-state index contributed by atoms with van der Waals surface area (Å²) in [6, 6.07) is 95.5. The van der Waals surface area contributed by atoms with Crippen molar-refractivity contribution in [3.63, 3.8) is 0 Å². The maximum absolute atomic E-state index is 7.30. The molecule has 0 saturated heterocycles. The normalized spacial score (nSPS) is 16.8. The van der Waals surface area contributed by atoms with Crippen molar-refractivity contribution in [3.8, 4) is 61.4 Å². The fourth-order valence-corrected chi connectivity index (χ4v) is 12.1. The Morgan fingerprint density at radius 2 is 0.887 bits per heavy atom. The summed E-state index contributed by atoms with van der Waals surface area (Å²) < 4.78 is 7.30. The van der Waals surface area contributed by atoms with Crippen LogP contribution in [0, 0.1) is 5.92 Å². The first kappa shape index (κ1) is 41.0. The average molecular weight is 906 g/mol. The molecule has 0 radical (unpaired) electrons. The molecule has 0 bridgehead atoms. The molecule has 2 aliphatic carbocycles. The van der Waals surface area contributed by atoms with Crippen LogP contribution in [0.4, 0.5) is 17.1 Å². The van der Waals surface area contributed by atoms with E-state index in [-0.39, 0.29) is 12.0 Å². The zero-order chi connectivity index (χ0) is 46.9. The highest BCUT2D eigenvalue weighted by Crippen LogP contribution is 2.65. The number of hydrogen-bond donors (Lipinski definition) is 0. The minimum Gasteiger partial charge on any atom is -0.484 e. The minimum atomic E-state index is -0.463. The Labute approximate surface area is 415 Å². The van der Waals surface area contributed by atoms with Crippen LogP contribution < -0.4 is 9.64 Å².